The Morgan fingerprint density at radius 2 is 1.09 bits per heavy atom. The highest BCUT2D eigenvalue weighted by Gasteiger charge is 2.46. The topological polar surface area (TPSA) is 13.1 Å². The second kappa shape index (κ2) is 18.6. The molecule has 0 saturated heterocycles. The van der Waals surface area contributed by atoms with Crippen LogP contribution in [0.1, 0.15) is 30.5 Å². The zero-order valence-electron chi connectivity index (χ0n) is 39.6. The number of anilines is 3. The molecular weight excluding hydrogens is 847 g/mol. The van der Waals surface area contributed by atoms with E-state index in [1.54, 1.807) is 6.08 Å². The van der Waals surface area contributed by atoms with Gasteiger partial charge in [0, 0.05) is 50.8 Å². The second-order valence-electron chi connectivity index (χ2n) is 17.7. The van der Waals surface area contributed by atoms with E-state index in [0.717, 1.165) is 39.5 Å². The number of benzene rings is 9. The molecule has 9 aromatic carbocycles. The first-order chi connectivity index (χ1) is 34.6. The lowest BCUT2D eigenvalue weighted by Crippen LogP contribution is -2.29. The summed E-state index contributed by atoms with van der Waals surface area (Å²) in [6.07, 6.45) is 12.5. The largest absolute Gasteiger partial charge is 0.315 e. The van der Waals surface area contributed by atoms with Crippen molar-refractivity contribution < 1.29 is 0 Å². The van der Waals surface area contributed by atoms with Crippen molar-refractivity contribution >= 4 is 49.8 Å². The molecule has 1 atom stereocenters. The quantitative estimate of drug-likeness (QED) is 0.0985. The average molecular weight is 900 g/mol. The van der Waals surface area contributed by atoms with E-state index in [-0.39, 0.29) is 0 Å². The minimum Gasteiger partial charge on any atom is -0.315 e. The lowest BCUT2D eigenvalue weighted by atomic mass is 9.67. The molecule has 2 heterocycles. The van der Waals surface area contributed by atoms with Crippen LogP contribution < -0.4 is 4.90 Å². The molecule has 0 aliphatic heterocycles. The van der Waals surface area contributed by atoms with Crippen LogP contribution in [0, 0.1) is 0 Å². The number of hydrogen-bond donors (Lipinski definition) is 0. The lowest BCUT2D eigenvalue weighted by molar-refractivity contribution is 0.767. The average Bonchev–Trinajstić information content (AvgIpc) is 4.10. The fraction of sp³-hybridized carbons (Fsp3) is 0.0448. The number of para-hydroxylation sites is 2. The van der Waals surface area contributed by atoms with Crippen molar-refractivity contribution in [3.8, 4) is 33.6 Å². The van der Waals surface area contributed by atoms with Gasteiger partial charge in [-0.1, -0.05) is 189 Å². The Labute approximate surface area is 411 Å². The molecule has 0 radical (unpaired) electrons. The van der Waals surface area contributed by atoms with Crippen LogP contribution in [0.2, 0.25) is 0 Å². The van der Waals surface area contributed by atoms with Crippen molar-refractivity contribution in [3.05, 3.63) is 296 Å². The number of aromatic nitrogens is 2. The molecular formula is C67H53N3. The predicted octanol–water partition coefficient (Wildman–Crippen LogP) is 18.1. The Hall–Kier alpha value is -8.92. The zero-order valence-corrected chi connectivity index (χ0v) is 39.6. The van der Waals surface area contributed by atoms with E-state index in [1.165, 1.54) is 66.1 Å². The summed E-state index contributed by atoms with van der Waals surface area (Å²) >= 11 is 0. The van der Waals surface area contributed by atoms with Crippen molar-refractivity contribution in [1.82, 2.24) is 9.13 Å². The summed E-state index contributed by atoms with van der Waals surface area (Å²) in [5.41, 5.74) is 18.0. The third-order valence-corrected chi connectivity index (χ3v) is 13.7. The molecule has 1 unspecified atom stereocenters. The lowest BCUT2D eigenvalue weighted by Gasteiger charge is -2.35. The first-order valence-electron chi connectivity index (χ1n) is 24.1. The molecule has 2 aromatic heterocycles. The number of fused-ring (bicyclic) bond motifs is 8. The van der Waals surface area contributed by atoms with Crippen molar-refractivity contribution in [3.63, 3.8) is 0 Å². The highest BCUT2D eigenvalue weighted by atomic mass is 15.1. The molecule has 3 heteroatoms. The van der Waals surface area contributed by atoms with Gasteiger partial charge in [-0.25, -0.2) is 0 Å². The molecule has 336 valence electrons. The van der Waals surface area contributed by atoms with E-state index in [0.29, 0.717) is 0 Å². The van der Waals surface area contributed by atoms with Crippen LogP contribution in [0.5, 0.6) is 0 Å². The van der Waals surface area contributed by atoms with Gasteiger partial charge in [-0.15, -0.1) is 6.58 Å². The fourth-order valence-electron chi connectivity index (χ4n) is 10.8. The summed E-state index contributed by atoms with van der Waals surface area (Å²) in [7, 11) is 0. The second-order valence-corrected chi connectivity index (χ2v) is 17.7. The van der Waals surface area contributed by atoms with Crippen LogP contribution in [0.25, 0.3) is 66.3 Å². The summed E-state index contributed by atoms with van der Waals surface area (Å²) < 4.78 is 4.78. The normalized spacial score (nSPS) is 14.1. The Morgan fingerprint density at radius 1 is 0.500 bits per heavy atom. The van der Waals surface area contributed by atoms with Gasteiger partial charge in [0.25, 0.3) is 0 Å². The van der Waals surface area contributed by atoms with Gasteiger partial charge in [-0.3, -0.25) is 0 Å². The van der Waals surface area contributed by atoms with Crippen LogP contribution in [0.4, 0.5) is 17.1 Å². The first-order valence-corrected chi connectivity index (χ1v) is 24.1. The summed E-state index contributed by atoms with van der Waals surface area (Å²) in [6, 6.07) is 81.9. The van der Waals surface area contributed by atoms with Gasteiger partial charge in [0.2, 0.25) is 0 Å². The van der Waals surface area contributed by atoms with Gasteiger partial charge in [-0.05, 0) is 131 Å². The molecule has 3 nitrogen and oxygen atoms in total. The Bertz CT molecular complexity index is 3740. The fourth-order valence-corrected chi connectivity index (χ4v) is 10.8. The molecule has 0 bridgehead atoms. The summed E-state index contributed by atoms with van der Waals surface area (Å²) in [6.45, 7) is 11.8. The Balaban J connectivity index is 0.00000174. The third-order valence-electron chi connectivity index (χ3n) is 13.7. The molecule has 11 aromatic rings. The van der Waals surface area contributed by atoms with Crippen LogP contribution in [0.15, 0.2) is 280 Å². The zero-order chi connectivity index (χ0) is 47.6. The molecule has 0 saturated carbocycles. The Morgan fingerprint density at radius 3 is 1.79 bits per heavy atom. The van der Waals surface area contributed by atoms with Crippen molar-refractivity contribution in [2.24, 2.45) is 0 Å². The maximum atomic E-state index is 4.46. The summed E-state index contributed by atoms with van der Waals surface area (Å²) in [5.74, 6) is 0. The van der Waals surface area contributed by atoms with Gasteiger partial charge >= 0.3 is 0 Å². The highest BCUT2D eigenvalue weighted by molar-refractivity contribution is 6.19. The minimum atomic E-state index is -0.612. The molecule has 1 aliphatic rings. The maximum absolute atomic E-state index is 4.46. The van der Waals surface area contributed by atoms with Gasteiger partial charge in [0.1, 0.15) is 0 Å². The smallest absolute Gasteiger partial charge is 0.0788 e. The number of nitrogens with zero attached hydrogens (tertiary/aromatic N) is 3. The molecule has 0 amide bonds. The summed E-state index contributed by atoms with van der Waals surface area (Å²) in [4.78, 5) is 2.44. The van der Waals surface area contributed by atoms with Crippen LogP contribution in [-0.2, 0) is 5.41 Å². The highest BCUT2D eigenvalue weighted by Crippen LogP contribution is 2.58. The Kier molecular flexibility index (Phi) is 11.6. The molecule has 70 heavy (non-hydrogen) atoms. The van der Waals surface area contributed by atoms with Gasteiger partial charge < -0.3 is 14.0 Å². The van der Waals surface area contributed by atoms with E-state index < -0.39 is 5.41 Å². The number of rotatable bonds is 10. The van der Waals surface area contributed by atoms with E-state index in [4.69, 9.17) is 0 Å². The van der Waals surface area contributed by atoms with E-state index >= 15 is 0 Å². The monoisotopic (exact) mass is 899 g/mol. The number of allylic oxidation sites excluding steroid dienone is 6. The van der Waals surface area contributed by atoms with Gasteiger partial charge in [-0.2, -0.15) is 0 Å². The standard InChI is InChI=1S/C64H47N3.C3H6/c1-3-5-22-48(4-2)64(49-23-12-7-13-24-49)59-30-19-18-29-55(59)56-39-36-54(44-60(56)64)66(52-34-31-46(32-35-52)45-20-10-6-11-21-45)53-37-40-61-58(43-53)57-38-33-47-41-42-65(50-25-14-8-15-26-50)62(47)63(57)67(61)51-27-16-9-17-28-51;1-3-2/h3-44H,2H2,1H3;3H,1H2,2H3/b5-3-,48-22+;. The first kappa shape index (κ1) is 43.6. The SMILES string of the molecule is C=C/C(=C\C=C/C)C1(c2ccccc2)c2ccccc2-c2ccc(N(c3ccc(-c4ccccc4)cc3)c3ccc4c(c3)c3ccc5ccn(-c6ccccc6)c5c3n4-c3ccccc3)cc21.C=CC. The van der Waals surface area contributed by atoms with Crippen molar-refractivity contribution in [2.75, 3.05) is 4.90 Å². The van der Waals surface area contributed by atoms with Crippen LogP contribution in [-0.4, -0.2) is 9.13 Å². The van der Waals surface area contributed by atoms with Crippen molar-refractivity contribution in [1.29, 1.82) is 0 Å². The van der Waals surface area contributed by atoms with Gasteiger partial charge in [0.15, 0.2) is 0 Å². The minimum absolute atomic E-state index is 0.612. The number of hydrogen-bond acceptors (Lipinski definition) is 1. The predicted molar refractivity (Wildman–Crippen MR) is 298 cm³/mol. The molecule has 12 rings (SSSR count). The molecule has 0 fully saturated rings. The van der Waals surface area contributed by atoms with Gasteiger partial charge in [0.05, 0.1) is 22.0 Å². The van der Waals surface area contributed by atoms with Crippen molar-refractivity contribution in [2.45, 2.75) is 19.3 Å². The van der Waals surface area contributed by atoms with E-state index in [9.17, 15) is 0 Å². The third kappa shape index (κ3) is 7.23. The molecule has 0 spiro atoms. The van der Waals surface area contributed by atoms with E-state index in [1.807, 2.05) is 13.0 Å². The summed E-state index contributed by atoms with van der Waals surface area (Å²) in [5, 5.41) is 3.57. The maximum Gasteiger partial charge on any atom is 0.0788 e. The van der Waals surface area contributed by atoms with Crippen LogP contribution in [0.3, 0.4) is 0 Å². The van der Waals surface area contributed by atoms with E-state index in [2.05, 4.69) is 283 Å². The molecule has 1 aliphatic carbocycles. The van der Waals surface area contributed by atoms with Crippen LogP contribution >= 0.6 is 0 Å². The molecule has 0 N–H and O–H groups in total.